The van der Waals surface area contributed by atoms with Crippen LogP contribution in [0.1, 0.15) is 19.4 Å². The van der Waals surface area contributed by atoms with Crippen LogP contribution in [0.4, 0.5) is 0 Å². The molecule has 0 aliphatic heterocycles. The first-order chi connectivity index (χ1) is 6.09. The minimum absolute atomic E-state index is 0.168. The molecule has 1 atom stereocenters. The molecule has 0 spiro atoms. The number of rotatable bonds is 3. The van der Waals surface area contributed by atoms with E-state index < -0.39 is 0 Å². The fraction of sp³-hybridized carbons (Fsp3) is 0.455. The summed E-state index contributed by atoms with van der Waals surface area (Å²) in [5.74, 6) is 0.788. The lowest BCUT2D eigenvalue weighted by Crippen LogP contribution is -2.28. The zero-order valence-electron chi connectivity index (χ0n) is 8.20. The molecule has 0 bridgehead atoms. The van der Waals surface area contributed by atoms with Gasteiger partial charge < -0.3 is 10.8 Å². The number of benzene rings is 1. The highest BCUT2D eigenvalue weighted by molar-refractivity contribution is 5.27. The molecule has 1 rings (SSSR count). The van der Waals surface area contributed by atoms with Gasteiger partial charge in [-0.2, -0.15) is 0 Å². The third-order valence-corrected chi connectivity index (χ3v) is 2.24. The largest absolute Gasteiger partial charge is 0.508 e. The average molecular weight is 179 g/mol. The fourth-order valence-electron chi connectivity index (χ4n) is 1.19. The van der Waals surface area contributed by atoms with Gasteiger partial charge in [-0.25, -0.2) is 0 Å². The van der Waals surface area contributed by atoms with Crippen LogP contribution in [0.2, 0.25) is 0 Å². The van der Waals surface area contributed by atoms with E-state index in [4.69, 9.17) is 5.73 Å². The number of nitrogens with two attached hydrogens (primary N) is 1. The van der Waals surface area contributed by atoms with Gasteiger partial charge in [-0.1, -0.05) is 26.0 Å². The van der Waals surface area contributed by atoms with E-state index in [0.717, 1.165) is 12.0 Å². The van der Waals surface area contributed by atoms with Crippen LogP contribution in [0.5, 0.6) is 5.75 Å². The van der Waals surface area contributed by atoms with Gasteiger partial charge >= 0.3 is 0 Å². The minimum Gasteiger partial charge on any atom is -0.508 e. The molecular formula is C11H17NO. The van der Waals surface area contributed by atoms with E-state index in [1.807, 2.05) is 12.1 Å². The molecule has 2 heteroatoms. The quantitative estimate of drug-likeness (QED) is 0.744. The maximum atomic E-state index is 9.22. The summed E-state index contributed by atoms with van der Waals surface area (Å²) < 4.78 is 0. The first kappa shape index (κ1) is 10.1. The number of hydrogen-bond acceptors (Lipinski definition) is 2. The van der Waals surface area contributed by atoms with Crippen LogP contribution in [-0.2, 0) is 6.42 Å². The molecule has 3 N–H and O–H groups in total. The van der Waals surface area contributed by atoms with E-state index in [2.05, 4.69) is 13.8 Å². The van der Waals surface area contributed by atoms with E-state index in [1.165, 1.54) is 0 Å². The Morgan fingerprint density at radius 1 is 1.38 bits per heavy atom. The monoisotopic (exact) mass is 179 g/mol. The number of hydrogen-bond donors (Lipinski definition) is 2. The molecule has 1 aromatic rings. The molecule has 13 heavy (non-hydrogen) atoms. The predicted octanol–water partition coefficient (Wildman–Crippen LogP) is 1.92. The Kier molecular flexibility index (Phi) is 3.32. The van der Waals surface area contributed by atoms with Crippen LogP contribution in [0.3, 0.4) is 0 Å². The SMILES string of the molecule is CC(C)C(N)Cc1cccc(O)c1. The summed E-state index contributed by atoms with van der Waals surface area (Å²) in [4.78, 5) is 0. The number of phenolic OH excluding ortho intramolecular Hbond substituents is 1. The van der Waals surface area contributed by atoms with Gasteiger partial charge in [0.25, 0.3) is 0 Å². The Balaban J connectivity index is 2.64. The normalized spacial score (nSPS) is 13.2. The summed E-state index contributed by atoms with van der Waals surface area (Å²) in [6.07, 6.45) is 0.825. The lowest BCUT2D eigenvalue weighted by Gasteiger charge is -2.15. The van der Waals surface area contributed by atoms with Crippen molar-refractivity contribution in [2.24, 2.45) is 11.7 Å². The highest BCUT2D eigenvalue weighted by Gasteiger charge is 2.08. The van der Waals surface area contributed by atoms with Gasteiger partial charge in [-0.05, 0) is 30.0 Å². The molecule has 0 aliphatic carbocycles. The summed E-state index contributed by atoms with van der Waals surface area (Å²) in [6, 6.07) is 7.44. The van der Waals surface area contributed by atoms with Gasteiger partial charge in [0, 0.05) is 6.04 Å². The van der Waals surface area contributed by atoms with Crippen molar-refractivity contribution in [1.82, 2.24) is 0 Å². The summed E-state index contributed by atoms with van der Waals surface area (Å²) >= 11 is 0. The molecule has 2 nitrogen and oxygen atoms in total. The molecular weight excluding hydrogens is 162 g/mol. The molecule has 72 valence electrons. The highest BCUT2D eigenvalue weighted by atomic mass is 16.3. The summed E-state index contributed by atoms with van der Waals surface area (Å²) in [5, 5.41) is 9.22. The van der Waals surface area contributed by atoms with Crippen LogP contribution >= 0.6 is 0 Å². The molecule has 0 aromatic heterocycles. The number of phenols is 1. The van der Waals surface area contributed by atoms with E-state index >= 15 is 0 Å². The highest BCUT2D eigenvalue weighted by Crippen LogP contribution is 2.14. The van der Waals surface area contributed by atoms with Crippen molar-refractivity contribution in [3.8, 4) is 5.75 Å². The third-order valence-electron chi connectivity index (χ3n) is 2.24. The van der Waals surface area contributed by atoms with Gasteiger partial charge in [-0.15, -0.1) is 0 Å². The van der Waals surface area contributed by atoms with Gasteiger partial charge in [0.1, 0.15) is 5.75 Å². The van der Waals surface area contributed by atoms with Crippen molar-refractivity contribution in [3.63, 3.8) is 0 Å². The van der Waals surface area contributed by atoms with E-state index in [-0.39, 0.29) is 6.04 Å². The van der Waals surface area contributed by atoms with Gasteiger partial charge in [-0.3, -0.25) is 0 Å². The molecule has 1 aromatic carbocycles. The minimum atomic E-state index is 0.168. The average Bonchev–Trinajstić information content (AvgIpc) is 2.04. The smallest absolute Gasteiger partial charge is 0.115 e. The second kappa shape index (κ2) is 4.28. The van der Waals surface area contributed by atoms with Crippen molar-refractivity contribution in [3.05, 3.63) is 29.8 Å². The Bertz CT molecular complexity index is 271. The summed E-state index contributed by atoms with van der Waals surface area (Å²) in [5.41, 5.74) is 7.02. The van der Waals surface area contributed by atoms with E-state index in [1.54, 1.807) is 12.1 Å². The zero-order valence-corrected chi connectivity index (χ0v) is 8.20. The van der Waals surface area contributed by atoms with Crippen molar-refractivity contribution in [1.29, 1.82) is 0 Å². The van der Waals surface area contributed by atoms with Crippen LogP contribution in [0.25, 0.3) is 0 Å². The molecule has 0 amide bonds. The molecule has 0 heterocycles. The lowest BCUT2D eigenvalue weighted by atomic mass is 9.97. The van der Waals surface area contributed by atoms with Crippen molar-refractivity contribution in [2.45, 2.75) is 26.3 Å². The van der Waals surface area contributed by atoms with Gasteiger partial charge in [0.2, 0.25) is 0 Å². The van der Waals surface area contributed by atoms with Crippen LogP contribution in [0.15, 0.2) is 24.3 Å². The predicted molar refractivity (Wildman–Crippen MR) is 54.6 cm³/mol. The first-order valence-electron chi connectivity index (χ1n) is 4.63. The van der Waals surface area contributed by atoms with E-state index in [9.17, 15) is 5.11 Å². The fourth-order valence-corrected chi connectivity index (χ4v) is 1.19. The van der Waals surface area contributed by atoms with E-state index in [0.29, 0.717) is 11.7 Å². The van der Waals surface area contributed by atoms with Crippen LogP contribution in [-0.4, -0.2) is 11.1 Å². The molecule has 0 saturated carbocycles. The van der Waals surface area contributed by atoms with Crippen molar-refractivity contribution < 1.29 is 5.11 Å². The zero-order chi connectivity index (χ0) is 9.84. The van der Waals surface area contributed by atoms with Crippen molar-refractivity contribution >= 4 is 0 Å². The summed E-state index contributed by atoms with van der Waals surface area (Å²) in [6.45, 7) is 4.21. The van der Waals surface area contributed by atoms with Crippen molar-refractivity contribution in [2.75, 3.05) is 0 Å². The lowest BCUT2D eigenvalue weighted by molar-refractivity contribution is 0.469. The Labute approximate surface area is 79.4 Å². The molecule has 0 fully saturated rings. The molecule has 1 unspecified atom stereocenters. The second-order valence-corrected chi connectivity index (χ2v) is 3.78. The molecule has 0 saturated heterocycles. The van der Waals surface area contributed by atoms with Crippen LogP contribution in [0, 0.1) is 5.92 Å². The maximum absolute atomic E-state index is 9.22. The standard InChI is InChI=1S/C11H17NO/c1-8(2)11(12)7-9-4-3-5-10(13)6-9/h3-6,8,11,13H,7,12H2,1-2H3. The van der Waals surface area contributed by atoms with Gasteiger partial charge in [0.05, 0.1) is 0 Å². The van der Waals surface area contributed by atoms with Crippen LogP contribution < -0.4 is 5.73 Å². The first-order valence-corrected chi connectivity index (χ1v) is 4.63. The number of aromatic hydroxyl groups is 1. The maximum Gasteiger partial charge on any atom is 0.115 e. The Hall–Kier alpha value is -1.02. The van der Waals surface area contributed by atoms with Gasteiger partial charge in [0.15, 0.2) is 0 Å². The Morgan fingerprint density at radius 2 is 2.08 bits per heavy atom. The third kappa shape index (κ3) is 3.07. The molecule has 0 radical (unpaired) electrons. The second-order valence-electron chi connectivity index (χ2n) is 3.78. The topological polar surface area (TPSA) is 46.2 Å². The molecule has 0 aliphatic rings. The Morgan fingerprint density at radius 3 is 2.62 bits per heavy atom. The summed E-state index contributed by atoms with van der Waals surface area (Å²) in [7, 11) is 0.